The Hall–Kier alpha value is -5.92. The number of nitrogens with two attached hydrogens (primary N) is 1. The molecule has 0 spiro atoms. The number of likely N-dealkylation sites (N-methyl/N-ethyl adjacent to an activating group) is 3. The number of urea groups is 1. The van der Waals surface area contributed by atoms with E-state index in [2.05, 4.69) is 16.0 Å². The molecule has 19 nitrogen and oxygen atoms in total. The smallest absolute Gasteiger partial charge is 0.326 e. The van der Waals surface area contributed by atoms with Crippen molar-refractivity contribution in [2.75, 3.05) is 59.9 Å². The molecule has 0 bridgehead atoms. The van der Waals surface area contributed by atoms with Gasteiger partial charge in [-0.25, -0.2) is 9.59 Å². The fraction of sp³-hybridized carbons (Fsp3) is 0.672. The van der Waals surface area contributed by atoms with Crippen LogP contribution in [0.3, 0.4) is 0 Å². The van der Waals surface area contributed by atoms with Crippen LogP contribution in [0.15, 0.2) is 54.6 Å². The van der Waals surface area contributed by atoms with E-state index in [0.717, 1.165) is 11.1 Å². The Morgan fingerprint density at radius 3 is 1.90 bits per heavy atom. The first-order valence-electron chi connectivity index (χ1n) is 28.8. The standard InChI is InChI=1S/C61H98N8O11/c1-16-40(8)54(51(79-14)36-52(71)69-32-21-25-49(69)55(80-15)42(10)57(73)65-48(60(76)77)34-44-22-18-17-19-23-44)68(13)58(74)46(38(4)5)35-50(70)53(39(6)7)66(11)33-30-43-26-28-45(29-27-43)67(12)59(75)47(24-20-31-63-61(62)78)64-56(72)41(9)37(2)3/h17-19,22-23,26-29,37-42,46-49,51,53-55H,16,20-21,24-25,30-36H2,1-15H3,(H,64,72)(H,65,73)(H,76,77)(H3,62,63,78)/t40-,41-,42+,46-,47-,48-,49-,51+,53-,54-,55+/m0/s1. The highest BCUT2D eigenvalue weighted by Crippen LogP contribution is 2.32. The molecule has 1 heterocycles. The quantitative estimate of drug-likeness (QED) is 0.0482. The number of carbonyl (C=O) groups excluding carboxylic acids is 7. The Kier molecular flexibility index (Phi) is 28.3. The number of carboxylic acid groups (broad SMARTS) is 1. The lowest BCUT2D eigenvalue weighted by Gasteiger charge is -2.41. The number of benzene rings is 2. The van der Waals surface area contributed by atoms with Gasteiger partial charge in [0.2, 0.25) is 29.5 Å². The summed E-state index contributed by atoms with van der Waals surface area (Å²) in [4.78, 5) is 115. The van der Waals surface area contributed by atoms with E-state index in [-0.39, 0.29) is 84.8 Å². The minimum Gasteiger partial charge on any atom is -0.480 e. The van der Waals surface area contributed by atoms with Gasteiger partial charge in [-0.2, -0.15) is 0 Å². The largest absolute Gasteiger partial charge is 0.480 e. The molecule has 1 saturated heterocycles. The number of rotatable bonds is 34. The van der Waals surface area contributed by atoms with Gasteiger partial charge in [0.15, 0.2) is 5.78 Å². The number of primary amides is 1. The maximum Gasteiger partial charge on any atom is 0.326 e. The number of ether oxygens (including phenoxy) is 2. The minimum absolute atomic E-state index is 0.0193. The van der Waals surface area contributed by atoms with Crippen LogP contribution in [0.1, 0.15) is 125 Å². The van der Waals surface area contributed by atoms with Crippen molar-refractivity contribution in [3.8, 4) is 0 Å². The molecule has 0 aliphatic carbocycles. The van der Waals surface area contributed by atoms with Gasteiger partial charge in [-0.3, -0.25) is 33.7 Å². The maximum absolute atomic E-state index is 14.8. The van der Waals surface area contributed by atoms with Crippen molar-refractivity contribution in [1.82, 2.24) is 30.7 Å². The Morgan fingerprint density at radius 2 is 1.36 bits per heavy atom. The SMILES string of the molecule is CC[C@H](C)[C@@H]([C@@H](CC(=O)N1CCC[C@H]1[C@H](OC)[C@@H](C)C(=O)N[C@@H](Cc1ccccc1)C(=O)O)OC)N(C)C(=O)[C@@H](CC(=O)[C@H](C(C)C)N(C)CCc1ccc(N(C)C(=O)[C@H](CCCNC(N)=O)NC(=O)[C@@H](C)C(C)C)cc1)C(C)C. The summed E-state index contributed by atoms with van der Waals surface area (Å²) in [6.45, 7) is 20.6. The molecule has 0 aromatic heterocycles. The molecule has 0 saturated carbocycles. The Bertz CT molecular complexity index is 2320. The van der Waals surface area contributed by atoms with Gasteiger partial charge in [-0.05, 0) is 86.1 Å². The topological polar surface area (TPSA) is 250 Å². The number of carbonyl (C=O) groups is 8. The summed E-state index contributed by atoms with van der Waals surface area (Å²) in [6, 6.07) is 12.6. The van der Waals surface area contributed by atoms with Crippen molar-refractivity contribution >= 4 is 53.0 Å². The molecule has 448 valence electrons. The summed E-state index contributed by atoms with van der Waals surface area (Å²) in [7, 11) is 8.35. The van der Waals surface area contributed by atoms with E-state index in [4.69, 9.17) is 15.2 Å². The Morgan fingerprint density at radius 1 is 0.750 bits per heavy atom. The zero-order chi connectivity index (χ0) is 60.1. The summed E-state index contributed by atoms with van der Waals surface area (Å²) < 4.78 is 12.1. The van der Waals surface area contributed by atoms with Gasteiger partial charge < -0.3 is 51.0 Å². The molecule has 2 aromatic carbocycles. The first-order chi connectivity index (χ1) is 37.7. The molecule has 0 radical (unpaired) electrons. The number of likely N-dealkylation sites (tertiary alicyclic amines) is 1. The van der Waals surface area contributed by atoms with Crippen LogP contribution in [0.25, 0.3) is 0 Å². The van der Waals surface area contributed by atoms with E-state index in [1.807, 2.05) is 117 Å². The molecule has 1 fully saturated rings. The third-order valence-corrected chi connectivity index (χ3v) is 16.5. The van der Waals surface area contributed by atoms with Crippen molar-refractivity contribution in [2.45, 2.75) is 169 Å². The zero-order valence-corrected chi connectivity index (χ0v) is 50.7. The summed E-state index contributed by atoms with van der Waals surface area (Å²) in [5.74, 6) is -4.64. The zero-order valence-electron chi connectivity index (χ0n) is 50.7. The summed E-state index contributed by atoms with van der Waals surface area (Å²) in [6.07, 6.45) is 1.93. The van der Waals surface area contributed by atoms with Crippen molar-refractivity contribution in [3.05, 3.63) is 65.7 Å². The van der Waals surface area contributed by atoms with E-state index < -0.39 is 72.2 Å². The number of methoxy groups -OCH3 is 2. The van der Waals surface area contributed by atoms with Crippen LogP contribution in [-0.2, 0) is 55.9 Å². The molecule has 80 heavy (non-hydrogen) atoms. The molecule has 19 heteroatoms. The number of hydrogen-bond donors (Lipinski definition) is 5. The van der Waals surface area contributed by atoms with Crippen molar-refractivity contribution in [3.63, 3.8) is 0 Å². The fourth-order valence-corrected chi connectivity index (χ4v) is 11.1. The Balaban J connectivity index is 1.73. The van der Waals surface area contributed by atoms with E-state index in [9.17, 15) is 43.5 Å². The van der Waals surface area contributed by atoms with Crippen LogP contribution in [0.4, 0.5) is 10.5 Å². The summed E-state index contributed by atoms with van der Waals surface area (Å²) >= 11 is 0. The van der Waals surface area contributed by atoms with Crippen LogP contribution in [0.2, 0.25) is 0 Å². The molecule has 6 N–H and O–H groups in total. The predicted octanol–water partition coefficient (Wildman–Crippen LogP) is 6.34. The minimum atomic E-state index is -1.16. The second-order valence-electron chi connectivity index (χ2n) is 23.2. The van der Waals surface area contributed by atoms with Crippen LogP contribution < -0.4 is 26.6 Å². The molecule has 11 atom stereocenters. The highest BCUT2D eigenvalue weighted by Gasteiger charge is 2.44. The second kappa shape index (κ2) is 33.1. The van der Waals surface area contributed by atoms with E-state index in [1.54, 1.807) is 43.0 Å². The lowest BCUT2D eigenvalue weighted by atomic mass is 9.83. The summed E-state index contributed by atoms with van der Waals surface area (Å²) in [5.41, 5.74) is 7.62. The molecule has 2 aromatic rings. The van der Waals surface area contributed by atoms with Crippen molar-refractivity contribution in [1.29, 1.82) is 0 Å². The molecule has 7 amide bonds. The molecular formula is C61H98N8O11. The monoisotopic (exact) mass is 1120 g/mol. The molecule has 1 aliphatic heterocycles. The summed E-state index contributed by atoms with van der Waals surface area (Å²) in [5, 5.41) is 18.2. The van der Waals surface area contributed by atoms with E-state index in [1.165, 1.54) is 19.1 Å². The number of anilines is 1. The van der Waals surface area contributed by atoms with Gasteiger partial charge >= 0.3 is 12.0 Å². The van der Waals surface area contributed by atoms with Crippen LogP contribution >= 0.6 is 0 Å². The predicted molar refractivity (Wildman–Crippen MR) is 311 cm³/mol. The van der Waals surface area contributed by atoms with Crippen LogP contribution in [-0.4, -0.2) is 165 Å². The molecule has 0 unspecified atom stereocenters. The number of carboxylic acids is 1. The van der Waals surface area contributed by atoms with Gasteiger partial charge in [-0.15, -0.1) is 0 Å². The first kappa shape index (κ1) is 68.4. The molecular weight excluding hydrogens is 1020 g/mol. The number of hydrogen-bond acceptors (Lipinski definition) is 11. The lowest BCUT2D eigenvalue weighted by molar-refractivity contribution is -0.149. The van der Waals surface area contributed by atoms with E-state index >= 15 is 0 Å². The lowest BCUT2D eigenvalue weighted by Crippen LogP contribution is -2.55. The average Bonchev–Trinajstić information content (AvgIpc) is 3.91. The number of ketones is 1. The van der Waals surface area contributed by atoms with Gasteiger partial charge in [0.1, 0.15) is 12.1 Å². The number of aliphatic carboxylic acids is 1. The Labute approximate surface area is 477 Å². The molecule has 1 aliphatic rings. The number of Topliss-reactive ketones (excluding diaryl/α,β-unsaturated/α-hetero) is 1. The van der Waals surface area contributed by atoms with Gasteiger partial charge in [-0.1, -0.05) is 118 Å². The maximum atomic E-state index is 14.8. The third-order valence-electron chi connectivity index (χ3n) is 16.5. The average molecular weight is 1120 g/mol. The van der Waals surface area contributed by atoms with Crippen LogP contribution in [0, 0.1) is 41.4 Å². The van der Waals surface area contributed by atoms with Gasteiger partial charge in [0.25, 0.3) is 0 Å². The van der Waals surface area contributed by atoms with Crippen molar-refractivity contribution in [2.24, 2.45) is 47.2 Å². The van der Waals surface area contributed by atoms with E-state index in [0.29, 0.717) is 57.3 Å². The second-order valence-corrected chi connectivity index (χ2v) is 23.2. The third kappa shape index (κ3) is 19.7. The molecule has 3 rings (SSSR count). The van der Waals surface area contributed by atoms with Crippen LogP contribution in [0.5, 0.6) is 0 Å². The highest BCUT2D eigenvalue weighted by atomic mass is 16.5. The van der Waals surface area contributed by atoms with Crippen molar-refractivity contribution < 1.29 is 52.9 Å². The normalized spacial score (nSPS) is 17.4. The highest BCUT2D eigenvalue weighted by molar-refractivity contribution is 5.99. The fourth-order valence-electron chi connectivity index (χ4n) is 11.1. The number of nitrogens with zero attached hydrogens (tertiary/aromatic N) is 4. The van der Waals surface area contributed by atoms with Gasteiger partial charge in [0, 0.05) is 78.3 Å². The van der Waals surface area contributed by atoms with Gasteiger partial charge in [0.05, 0.1) is 42.7 Å². The first-order valence-corrected chi connectivity index (χ1v) is 28.8. The number of amides is 7. The number of nitrogens with one attached hydrogen (secondary N) is 3.